The summed E-state index contributed by atoms with van der Waals surface area (Å²) in [6.45, 7) is 1.68. The molecule has 1 heterocycles. The Morgan fingerprint density at radius 3 is 1.89 bits per heavy atom. The first-order valence-electron chi connectivity index (χ1n) is 11.0. The highest BCUT2D eigenvalue weighted by Crippen LogP contribution is 2.59. The van der Waals surface area contributed by atoms with Crippen molar-refractivity contribution in [2.45, 2.75) is 17.7 Å². The molecule has 0 fully saturated rings. The van der Waals surface area contributed by atoms with Crippen molar-refractivity contribution in [3.05, 3.63) is 114 Å². The molecule has 0 aliphatic carbocycles. The highest BCUT2D eigenvalue weighted by Gasteiger charge is 2.44. The maximum Gasteiger partial charge on any atom is 0.453 e. The SMILES string of the molecule is COc1cccc([C@@H](NS(=O)(=O)c2cccc(C)n2)P(=O)(Oc2ccccc2)Oc2ccccc2)c1. The second-order valence-electron chi connectivity index (χ2n) is 7.77. The number of benzene rings is 3. The number of nitrogens with one attached hydrogen (secondary N) is 1. The van der Waals surface area contributed by atoms with E-state index in [0.717, 1.165) is 0 Å². The molecule has 4 aromatic rings. The van der Waals surface area contributed by atoms with Crippen LogP contribution >= 0.6 is 7.60 Å². The van der Waals surface area contributed by atoms with Crippen LogP contribution in [-0.2, 0) is 14.6 Å². The molecule has 10 heteroatoms. The van der Waals surface area contributed by atoms with Crippen molar-refractivity contribution in [2.75, 3.05) is 7.11 Å². The van der Waals surface area contributed by atoms with Gasteiger partial charge in [-0.1, -0.05) is 54.6 Å². The molecule has 1 aromatic heterocycles. The fourth-order valence-corrected chi connectivity index (χ4v) is 6.99. The fraction of sp³-hybridized carbons (Fsp3) is 0.115. The second kappa shape index (κ2) is 11.0. The zero-order valence-corrected chi connectivity index (χ0v) is 21.4. The number of aromatic nitrogens is 1. The van der Waals surface area contributed by atoms with Crippen molar-refractivity contribution in [2.24, 2.45) is 0 Å². The van der Waals surface area contributed by atoms with E-state index in [2.05, 4.69) is 9.71 Å². The molecule has 4 rings (SSSR count). The molecule has 186 valence electrons. The predicted molar refractivity (Wildman–Crippen MR) is 137 cm³/mol. The van der Waals surface area contributed by atoms with Crippen LogP contribution in [0.4, 0.5) is 0 Å². The summed E-state index contributed by atoms with van der Waals surface area (Å²) in [5, 5.41) is -0.221. The molecule has 36 heavy (non-hydrogen) atoms. The molecule has 0 amide bonds. The Balaban J connectivity index is 1.86. The van der Waals surface area contributed by atoms with Gasteiger partial charge in [0, 0.05) is 5.69 Å². The van der Waals surface area contributed by atoms with Crippen LogP contribution in [0.1, 0.15) is 17.0 Å². The summed E-state index contributed by atoms with van der Waals surface area (Å²) in [5.74, 6) is -0.508. The molecule has 0 radical (unpaired) electrons. The van der Waals surface area contributed by atoms with Gasteiger partial charge in [0.2, 0.25) is 0 Å². The molecule has 0 bridgehead atoms. The average molecular weight is 525 g/mol. The van der Waals surface area contributed by atoms with Crippen molar-refractivity contribution >= 4 is 17.6 Å². The number of sulfonamides is 1. The summed E-state index contributed by atoms with van der Waals surface area (Å²) in [7, 11) is -7.10. The highest BCUT2D eigenvalue weighted by molar-refractivity contribution is 7.89. The molecule has 3 aromatic carbocycles. The first-order valence-corrected chi connectivity index (χ1v) is 14.1. The Labute approximate surface area is 210 Å². The number of aryl methyl sites for hydroxylation is 1. The maximum atomic E-state index is 14.6. The lowest BCUT2D eigenvalue weighted by Crippen LogP contribution is -2.31. The van der Waals surface area contributed by atoms with Crippen molar-refractivity contribution in [3.8, 4) is 17.2 Å². The fourth-order valence-electron chi connectivity index (χ4n) is 3.38. The van der Waals surface area contributed by atoms with Crippen LogP contribution in [0.25, 0.3) is 0 Å². The monoisotopic (exact) mass is 524 g/mol. The van der Waals surface area contributed by atoms with Crippen molar-refractivity contribution in [1.82, 2.24) is 9.71 Å². The Kier molecular flexibility index (Phi) is 7.74. The van der Waals surface area contributed by atoms with Crippen LogP contribution < -0.4 is 18.5 Å². The molecular weight excluding hydrogens is 499 g/mol. The molecular formula is C26H25N2O6PS. The van der Waals surface area contributed by atoms with E-state index in [0.29, 0.717) is 17.0 Å². The lowest BCUT2D eigenvalue weighted by atomic mass is 10.2. The van der Waals surface area contributed by atoms with Crippen molar-refractivity contribution in [3.63, 3.8) is 0 Å². The smallest absolute Gasteiger partial charge is 0.453 e. The summed E-state index contributed by atoms with van der Waals surface area (Å²) in [6, 6.07) is 28.0. The van der Waals surface area contributed by atoms with E-state index in [9.17, 15) is 13.0 Å². The maximum absolute atomic E-state index is 14.6. The summed E-state index contributed by atoms with van der Waals surface area (Å²) < 4.78 is 61.2. The minimum atomic E-state index is -4.33. The van der Waals surface area contributed by atoms with Crippen molar-refractivity contribution in [1.29, 1.82) is 0 Å². The minimum Gasteiger partial charge on any atom is -0.497 e. The zero-order chi connectivity index (χ0) is 25.6. The van der Waals surface area contributed by atoms with Gasteiger partial charge < -0.3 is 13.8 Å². The third-order valence-corrected chi connectivity index (χ3v) is 8.57. The van der Waals surface area contributed by atoms with Gasteiger partial charge in [-0.2, -0.15) is 4.72 Å². The van der Waals surface area contributed by atoms with E-state index in [-0.39, 0.29) is 16.5 Å². The number of hydrogen-bond acceptors (Lipinski definition) is 7. The molecule has 1 atom stereocenters. The molecule has 1 N–H and O–H groups in total. The molecule has 0 aliphatic rings. The van der Waals surface area contributed by atoms with E-state index in [1.807, 2.05) is 0 Å². The van der Waals surface area contributed by atoms with Gasteiger partial charge in [0.05, 0.1) is 7.11 Å². The second-order valence-corrected chi connectivity index (χ2v) is 11.4. The van der Waals surface area contributed by atoms with Gasteiger partial charge in [0.15, 0.2) is 10.8 Å². The minimum absolute atomic E-state index is 0.221. The third kappa shape index (κ3) is 6.12. The van der Waals surface area contributed by atoms with Crippen LogP contribution in [0, 0.1) is 6.92 Å². The predicted octanol–water partition coefficient (Wildman–Crippen LogP) is 5.73. The summed E-state index contributed by atoms with van der Waals surface area (Å²) >= 11 is 0. The van der Waals surface area contributed by atoms with Crippen LogP contribution in [0.2, 0.25) is 0 Å². The quantitative estimate of drug-likeness (QED) is 0.264. The van der Waals surface area contributed by atoms with Crippen LogP contribution in [0.5, 0.6) is 17.2 Å². The standard InChI is InChI=1S/C26H25N2O6PS/c1-20-11-9-18-25(27-20)36(30,31)28-26(21-12-10-17-24(19-21)32-2)35(29,33-22-13-5-3-6-14-22)34-23-15-7-4-8-16-23/h3-19,26,28H,1-2H3/t26-/m0/s1. The molecule has 8 nitrogen and oxygen atoms in total. The lowest BCUT2D eigenvalue weighted by Gasteiger charge is -2.28. The Hall–Kier alpha value is -3.65. The number of rotatable bonds is 10. The Bertz CT molecular complexity index is 1420. The van der Waals surface area contributed by atoms with Gasteiger partial charge in [-0.25, -0.2) is 18.0 Å². The number of methoxy groups -OCH3 is 1. The van der Waals surface area contributed by atoms with E-state index in [4.69, 9.17) is 13.8 Å². The van der Waals surface area contributed by atoms with Gasteiger partial charge in [-0.15, -0.1) is 0 Å². The average Bonchev–Trinajstić information content (AvgIpc) is 2.88. The van der Waals surface area contributed by atoms with Gasteiger partial charge in [0.1, 0.15) is 17.2 Å². The van der Waals surface area contributed by atoms with Gasteiger partial charge in [-0.05, 0) is 61.0 Å². The molecule has 0 unspecified atom stereocenters. The van der Waals surface area contributed by atoms with E-state index < -0.39 is 23.4 Å². The van der Waals surface area contributed by atoms with Crippen LogP contribution in [-0.4, -0.2) is 20.5 Å². The number of para-hydroxylation sites is 2. The Morgan fingerprint density at radius 2 is 1.33 bits per heavy atom. The summed E-state index contributed by atoms with van der Waals surface area (Å²) in [4.78, 5) is 4.13. The molecule has 0 aliphatic heterocycles. The van der Waals surface area contributed by atoms with E-state index in [1.54, 1.807) is 104 Å². The first kappa shape index (κ1) is 25.4. The largest absolute Gasteiger partial charge is 0.497 e. The highest BCUT2D eigenvalue weighted by atomic mass is 32.2. The van der Waals surface area contributed by atoms with Crippen molar-refractivity contribution < 1.29 is 26.8 Å². The van der Waals surface area contributed by atoms with E-state index in [1.165, 1.54) is 13.2 Å². The number of ether oxygens (including phenoxy) is 1. The number of nitrogens with zero attached hydrogens (tertiary/aromatic N) is 1. The van der Waals surface area contributed by atoms with Crippen LogP contribution in [0.15, 0.2) is 108 Å². The Morgan fingerprint density at radius 1 is 0.778 bits per heavy atom. The topological polar surface area (TPSA) is 104 Å². The first-order chi connectivity index (χ1) is 17.3. The summed E-state index contributed by atoms with van der Waals surface area (Å²) in [5.41, 5.74) is 0.834. The van der Waals surface area contributed by atoms with E-state index >= 15 is 0 Å². The third-order valence-electron chi connectivity index (χ3n) is 5.08. The number of hydrogen-bond donors (Lipinski definition) is 1. The summed E-state index contributed by atoms with van der Waals surface area (Å²) in [6.07, 6.45) is 0. The molecule has 0 saturated heterocycles. The van der Waals surface area contributed by atoms with Gasteiger partial charge in [0.25, 0.3) is 10.0 Å². The normalized spacial score (nSPS) is 12.5. The van der Waals surface area contributed by atoms with Gasteiger partial charge in [-0.3, -0.25) is 0 Å². The lowest BCUT2D eigenvalue weighted by molar-refractivity contribution is 0.368. The molecule has 0 saturated carbocycles. The number of pyridine rings is 1. The zero-order valence-electron chi connectivity index (χ0n) is 19.6. The molecule has 0 spiro atoms. The van der Waals surface area contributed by atoms with Crippen LogP contribution in [0.3, 0.4) is 0 Å². The van der Waals surface area contributed by atoms with Gasteiger partial charge >= 0.3 is 7.60 Å².